The Labute approximate surface area is 190 Å². The number of aryl methyl sites for hydroxylation is 1. The lowest BCUT2D eigenvalue weighted by Gasteiger charge is -2.30. The summed E-state index contributed by atoms with van der Waals surface area (Å²) in [7, 11) is -1.29. The van der Waals surface area contributed by atoms with Gasteiger partial charge in [0.15, 0.2) is 5.96 Å². The summed E-state index contributed by atoms with van der Waals surface area (Å²) in [6, 6.07) is 6.32. The van der Waals surface area contributed by atoms with Gasteiger partial charge in [0.25, 0.3) is 0 Å². The Morgan fingerprint density at radius 1 is 1.28 bits per heavy atom. The number of fused-ring (bicyclic) bond motifs is 1. The lowest BCUT2D eigenvalue weighted by molar-refractivity contribution is 0.275. The molecule has 1 aliphatic heterocycles. The summed E-state index contributed by atoms with van der Waals surface area (Å²) in [6.07, 6.45) is 6.05. The number of nitrogens with zero attached hydrogens (tertiary/aromatic N) is 2. The normalized spacial score (nSPS) is 16.6. The van der Waals surface area contributed by atoms with Crippen molar-refractivity contribution < 1.29 is 8.42 Å². The summed E-state index contributed by atoms with van der Waals surface area (Å²) in [5.74, 6) is 1.26. The van der Waals surface area contributed by atoms with E-state index in [1.165, 1.54) is 28.3 Å². The lowest BCUT2D eigenvalue weighted by atomic mass is 9.98. The van der Waals surface area contributed by atoms with Crippen LogP contribution in [-0.4, -0.2) is 63.1 Å². The summed E-state index contributed by atoms with van der Waals surface area (Å²) in [5, 5.41) is 8.08. The number of aliphatic imine (C=N–C) groups is 1. The molecule has 0 unspecified atom stereocenters. The average Bonchev–Trinajstić information content (AvgIpc) is 3.08. The number of rotatable bonds is 6. The first-order valence-corrected chi connectivity index (χ1v) is 11.7. The maximum Gasteiger partial charge on any atom is 0.211 e. The van der Waals surface area contributed by atoms with Gasteiger partial charge in [-0.05, 0) is 49.3 Å². The zero-order valence-electron chi connectivity index (χ0n) is 17.4. The molecule has 9 heteroatoms. The summed E-state index contributed by atoms with van der Waals surface area (Å²) < 4.78 is 24.8. The van der Waals surface area contributed by atoms with Gasteiger partial charge in [0, 0.05) is 50.3 Å². The predicted molar refractivity (Wildman–Crippen MR) is 131 cm³/mol. The Kier molecular flexibility index (Phi) is 8.77. The molecule has 0 aliphatic carbocycles. The number of benzene rings is 1. The fraction of sp³-hybridized carbons (Fsp3) is 0.550. The number of halogens is 1. The predicted octanol–water partition coefficient (Wildman–Crippen LogP) is 2.47. The van der Waals surface area contributed by atoms with Gasteiger partial charge in [0.1, 0.15) is 0 Å². The molecule has 1 aliphatic rings. The molecular formula is C20H32IN5O2S. The van der Waals surface area contributed by atoms with E-state index < -0.39 is 10.0 Å². The minimum absolute atomic E-state index is 0. The molecular weight excluding hydrogens is 501 g/mol. The highest BCUT2D eigenvalue weighted by atomic mass is 127. The van der Waals surface area contributed by atoms with Crippen LogP contribution in [0.2, 0.25) is 0 Å². The van der Waals surface area contributed by atoms with Crippen molar-refractivity contribution in [1.29, 1.82) is 0 Å². The molecule has 7 nitrogen and oxygen atoms in total. The molecule has 1 aromatic heterocycles. The highest BCUT2D eigenvalue weighted by Crippen LogP contribution is 2.22. The molecule has 0 amide bonds. The van der Waals surface area contributed by atoms with Crippen LogP contribution < -0.4 is 10.6 Å². The first-order chi connectivity index (χ1) is 13.4. The monoisotopic (exact) mass is 533 g/mol. The largest absolute Gasteiger partial charge is 0.361 e. The molecule has 0 spiro atoms. The van der Waals surface area contributed by atoms with Crippen molar-refractivity contribution in [2.75, 3.05) is 39.5 Å². The maximum atomic E-state index is 11.6. The second-order valence-electron chi connectivity index (χ2n) is 7.55. The summed E-state index contributed by atoms with van der Waals surface area (Å²) in [6.45, 7) is 4.97. The minimum Gasteiger partial charge on any atom is -0.361 e. The van der Waals surface area contributed by atoms with Gasteiger partial charge in [-0.3, -0.25) is 4.99 Å². The number of sulfonamides is 1. The first-order valence-electron chi connectivity index (χ1n) is 9.83. The van der Waals surface area contributed by atoms with E-state index in [0.717, 1.165) is 38.3 Å². The van der Waals surface area contributed by atoms with Gasteiger partial charge in [0.2, 0.25) is 10.0 Å². The molecule has 2 aromatic rings. The molecule has 1 aromatic carbocycles. The van der Waals surface area contributed by atoms with Crippen molar-refractivity contribution in [3.63, 3.8) is 0 Å². The van der Waals surface area contributed by atoms with Crippen LogP contribution in [0.3, 0.4) is 0 Å². The fourth-order valence-electron chi connectivity index (χ4n) is 3.87. The third-order valence-electron chi connectivity index (χ3n) is 5.51. The zero-order chi connectivity index (χ0) is 20.1. The van der Waals surface area contributed by atoms with Gasteiger partial charge in [-0.1, -0.05) is 12.1 Å². The van der Waals surface area contributed by atoms with E-state index in [1.807, 2.05) is 0 Å². The van der Waals surface area contributed by atoms with E-state index in [1.54, 1.807) is 11.4 Å². The van der Waals surface area contributed by atoms with Crippen LogP contribution in [0.5, 0.6) is 0 Å². The van der Waals surface area contributed by atoms with Gasteiger partial charge in [-0.2, -0.15) is 0 Å². The number of aromatic amines is 1. The highest BCUT2D eigenvalue weighted by molar-refractivity contribution is 14.0. The minimum atomic E-state index is -3.06. The first kappa shape index (κ1) is 23.9. The smallest absolute Gasteiger partial charge is 0.211 e. The van der Waals surface area contributed by atoms with Crippen molar-refractivity contribution in [3.05, 3.63) is 35.5 Å². The molecule has 162 valence electrons. The molecule has 0 bridgehead atoms. The number of nitrogens with one attached hydrogen (secondary N) is 3. The Bertz CT molecular complexity index is 933. The van der Waals surface area contributed by atoms with Crippen LogP contribution in [0, 0.1) is 12.8 Å². The second-order valence-corrected chi connectivity index (χ2v) is 9.53. The summed E-state index contributed by atoms with van der Waals surface area (Å²) in [5.41, 5.74) is 3.78. The van der Waals surface area contributed by atoms with E-state index in [-0.39, 0.29) is 24.0 Å². The van der Waals surface area contributed by atoms with Crippen LogP contribution in [-0.2, 0) is 16.4 Å². The van der Waals surface area contributed by atoms with E-state index in [4.69, 9.17) is 0 Å². The Hall–Kier alpha value is -1.33. The fourth-order valence-corrected chi connectivity index (χ4v) is 4.74. The van der Waals surface area contributed by atoms with Crippen molar-refractivity contribution >= 4 is 50.9 Å². The quantitative estimate of drug-likeness (QED) is 0.303. The van der Waals surface area contributed by atoms with Crippen LogP contribution in [0.1, 0.15) is 24.0 Å². The van der Waals surface area contributed by atoms with Crippen LogP contribution >= 0.6 is 24.0 Å². The number of guanidine groups is 1. The molecule has 29 heavy (non-hydrogen) atoms. The Morgan fingerprint density at radius 3 is 2.66 bits per heavy atom. The molecule has 2 heterocycles. The summed E-state index contributed by atoms with van der Waals surface area (Å²) in [4.78, 5) is 7.65. The van der Waals surface area contributed by atoms with E-state index in [0.29, 0.717) is 19.0 Å². The standard InChI is InChI=1S/C20H31N5O2S.HI/c1-15-5-4-6-18-19(15)17(14-23-18)7-10-22-20(21-2)24-13-16-8-11-25(12-9-16)28(3,26)27;/h4-6,14,16,23H,7-13H2,1-3H3,(H2,21,22,24);1H. The summed E-state index contributed by atoms with van der Waals surface area (Å²) >= 11 is 0. The maximum absolute atomic E-state index is 11.6. The second kappa shape index (κ2) is 10.6. The van der Waals surface area contributed by atoms with E-state index >= 15 is 0 Å². The van der Waals surface area contributed by atoms with Crippen molar-refractivity contribution in [1.82, 2.24) is 19.9 Å². The van der Waals surface area contributed by atoms with Crippen molar-refractivity contribution in [3.8, 4) is 0 Å². The number of piperidine rings is 1. The highest BCUT2D eigenvalue weighted by Gasteiger charge is 2.24. The lowest BCUT2D eigenvalue weighted by Crippen LogP contribution is -2.44. The third-order valence-corrected chi connectivity index (χ3v) is 6.81. The van der Waals surface area contributed by atoms with E-state index in [9.17, 15) is 8.42 Å². The number of H-pyrrole nitrogens is 1. The number of hydrogen-bond donors (Lipinski definition) is 3. The molecule has 1 saturated heterocycles. The van der Waals surface area contributed by atoms with Crippen LogP contribution in [0.15, 0.2) is 29.4 Å². The number of hydrogen-bond acceptors (Lipinski definition) is 3. The van der Waals surface area contributed by atoms with Gasteiger partial charge >= 0.3 is 0 Å². The molecule has 1 fully saturated rings. The molecule has 3 rings (SSSR count). The van der Waals surface area contributed by atoms with Gasteiger partial charge in [0.05, 0.1) is 6.26 Å². The van der Waals surface area contributed by atoms with Gasteiger partial charge in [-0.15, -0.1) is 24.0 Å². The van der Waals surface area contributed by atoms with Crippen molar-refractivity contribution in [2.45, 2.75) is 26.2 Å². The molecule has 0 atom stereocenters. The topological polar surface area (TPSA) is 89.6 Å². The van der Waals surface area contributed by atoms with Gasteiger partial charge < -0.3 is 15.6 Å². The number of aromatic nitrogens is 1. The molecule has 3 N–H and O–H groups in total. The van der Waals surface area contributed by atoms with Gasteiger partial charge in [-0.25, -0.2) is 12.7 Å². The van der Waals surface area contributed by atoms with Crippen LogP contribution in [0.25, 0.3) is 10.9 Å². The third kappa shape index (κ3) is 6.32. The molecule has 0 radical (unpaired) electrons. The van der Waals surface area contributed by atoms with Crippen molar-refractivity contribution in [2.24, 2.45) is 10.9 Å². The van der Waals surface area contributed by atoms with Crippen LogP contribution in [0.4, 0.5) is 0 Å². The molecule has 0 saturated carbocycles. The average molecular weight is 533 g/mol. The Morgan fingerprint density at radius 2 is 2.00 bits per heavy atom. The zero-order valence-corrected chi connectivity index (χ0v) is 20.5. The Balaban J connectivity index is 0.00000300. The van der Waals surface area contributed by atoms with E-state index in [2.05, 4.69) is 51.9 Å². The SMILES string of the molecule is CN=C(NCCc1c[nH]c2cccc(C)c12)NCC1CCN(S(C)(=O)=O)CC1.I.